The van der Waals surface area contributed by atoms with Crippen molar-refractivity contribution in [3.63, 3.8) is 0 Å². The predicted octanol–water partition coefficient (Wildman–Crippen LogP) is 3.25. The molecule has 7 heteroatoms. The number of amides is 2. The van der Waals surface area contributed by atoms with Gasteiger partial charge in [0.25, 0.3) is 11.8 Å². The van der Waals surface area contributed by atoms with Gasteiger partial charge in [-0.15, -0.1) is 0 Å². The van der Waals surface area contributed by atoms with Crippen LogP contribution in [-0.4, -0.2) is 27.2 Å². The maximum atomic E-state index is 13.3. The minimum atomic E-state index is -0.528. The summed E-state index contributed by atoms with van der Waals surface area (Å²) in [5.74, 6) is -1.27. The summed E-state index contributed by atoms with van der Waals surface area (Å²) in [6.45, 7) is 3.86. The largest absolute Gasteiger partial charge is 0.348 e. The van der Waals surface area contributed by atoms with Crippen molar-refractivity contribution in [2.24, 2.45) is 0 Å². The van der Waals surface area contributed by atoms with Crippen molar-refractivity contribution in [2.45, 2.75) is 26.3 Å². The molecule has 0 aliphatic carbocycles. The van der Waals surface area contributed by atoms with E-state index in [1.807, 2.05) is 13.8 Å². The average Bonchev–Trinajstić information content (AvgIpc) is 3.01. The third-order valence-corrected chi connectivity index (χ3v) is 4.04. The number of benzene rings is 1. The summed E-state index contributed by atoms with van der Waals surface area (Å²) < 4.78 is 14.9. The average molecular weight is 354 g/mol. The highest BCUT2D eigenvalue weighted by molar-refractivity contribution is 6.06. The number of anilines is 1. The lowest BCUT2D eigenvalue weighted by molar-refractivity contribution is 0.0936. The smallest absolute Gasteiger partial charge is 0.292 e. The van der Waals surface area contributed by atoms with E-state index >= 15 is 0 Å². The number of hydrogen-bond acceptors (Lipinski definition) is 3. The molecule has 2 heterocycles. The normalized spacial score (nSPS) is 12.0. The zero-order chi connectivity index (χ0) is 18.7. The van der Waals surface area contributed by atoms with Crippen LogP contribution < -0.4 is 10.6 Å². The Labute approximate surface area is 150 Å². The molecule has 2 N–H and O–H groups in total. The van der Waals surface area contributed by atoms with Gasteiger partial charge in [-0.25, -0.2) is 9.37 Å². The van der Waals surface area contributed by atoms with Crippen LogP contribution in [0.4, 0.5) is 10.1 Å². The van der Waals surface area contributed by atoms with Gasteiger partial charge in [0, 0.05) is 17.9 Å². The van der Waals surface area contributed by atoms with Crippen molar-refractivity contribution in [1.29, 1.82) is 0 Å². The molecule has 1 aromatic carbocycles. The van der Waals surface area contributed by atoms with Crippen molar-refractivity contribution in [3.8, 4) is 0 Å². The van der Waals surface area contributed by atoms with E-state index in [1.54, 1.807) is 34.9 Å². The molecule has 1 unspecified atom stereocenters. The van der Waals surface area contributed by atoms with Crippen molar-refractivity contribution >= 4 is 23.0 Å². The molecular formula is C19H19FN4O2. The van der Waals surface area contributed by atoms with Crippen molar-refractivity contribution < 1.29 is 14.0 Å². The molecule has 3 aromatic rings. The molecule has 0 fully saturated rings. The first-order valence-electron chi connectivity index (χ1n) is 8.34. The Balaban J connectivity index is 1.96. The third-order valence-electron chi connectivity index (χ3n) is 4.04. The van der Waals surface area contributed by atoms with Crippen molar-refractivity contribution in [2.75, 3.05) is 5.32 Å². The number of fused-ring (bicyclic) bond motifs is 1. The van der Waals surface area contributed by atoms with Crippen LogP contribution in [0.25, 0.3) is 5.52 Å². The van der Waals surface area contributed by atoms with Crippen LogP contribution in [0, 0.1) is 5.82 Å². The van der Waals surface area contributed by atoms with Crippen molar-refractivity contribution in [1.82, 2.24) is 14.7 Å². The molecule has 6 nitrogen and oxygen atoms in total. The minimum absolute atomic E-state index is 0.00691. The van der Waals surface area contributed by atoms with E-state index < -0.39 is 11.7 Å². The van der Waals surface area contributed by atoms with E-state index in [-0.39, 0.29) is 23.5 Å². The molecule has 2 aromatic heterocycles. The second kappa shape index (κ2) is 7.35. The summed E-state index contributed by atoms with van der Waals surface area (Å²) in [7, 11) is 0. The van der Waals surface area contributed by atoms with Gasteiger partial charge >= 0.3 is 0 Å². The molecular weight excluding hydrogens is 335 g/mol. The fourth-order valence-corrected chi connectivity index (χ4v) is 2.51. The van der Waals surface area contributed by atoms with E-state index in [0.717, 1.165) is 6.42 Å². The first kappa shape index (κ1) is 17.6. The van der Waals surface area contributed by atoms with Crippen LogP contribution in [0.5, 0.6) is 0 Å². The monoisotopic (exact) mass is 354 g/mol. The van der Waals surface area contributed by atoms with Gasteiger partial charge < -0.3 is 10.6 Å². The number of carbonyl (C=O) groups is 2. The van der Waals surface area contributed by atoms with Gasteiger partial charge in [0.15, 0.2) is 5.69 Å². The molecule has 0 aliphatic heterocycles. The van der Waals surface area contributed by atoms with Gasteiger partial charge in [-0.1, -0.05) is 19.1 Å². The first-order chi connectivity index (χ1) is 12.5. The van der Waals surface area contributed by atoms with E-state index in [0.29, 0.717) is 11.2 Å². The van der Waals surface area contributed by atoms with E-state index in [2.05, 4.69) is 15.6 Å². The first-order valence-corrected chi connectivity index (χ1v) is 8.34. The van der Waals surface area contributed by atoms with Crippen LogP contribution in [0.1, 0.15) is 41.4 Å². The summed E-state index contributed by atoms with van der Waals surface area (Å²) in [5, 5.41) is 5.45. The van der Waals surface area contributed by atoms with Gasteiger partial charge in [0.2, 0.25) is 5.82 Å². The van der Waals surface area contributed by atoms with Gasteiger partial charge in [0.1, 0.15) is 5.82 Å². The molecule has 26 heavy (non-hydrogen) atoms. The van der Waals surface area contributed by atoms with Crippen LogP contribution in [0.3, 0.4) is 0 Å². The Morgan fingerprint density at radius 2 is 2.00 bits per heavy atom. The Hall–Kier alpha value is -3.22. The highest BCUT2D eigenvalue weighted by Crippen LogP contribution is 2.16. The van der Waals surface area contributed by atoms with E-state index in [1.165, 1.54) is 18.2 Å². The van der Waals surface area contributed by atoms with E-state index in [9.17, 15) is 14.0 Å². The molecule has 0 spiro atoms. The number of nitrogens with one attached hydrogen (secondary N) is 2. The summed E-state index contributed by atoms with van der Waals surface area (Å²) in [5.41, 5.74) is 1.02. The summed E-state index contributed by atoms with van der Waals surface area (Å²) in [6.07, 6.45) is 2.44. The van der Waals surface area contributed by atoms with Crippen molar-refractivity contribution in [3.05, 3.63) is 66.0 Å². The minimum Gasteiger partial charge on any atom is -0.348 e. The summed E-state index contributed by atoms with van der Waals surface area (Å²) in [6, 6.07) is 10.8. The third kappa shape index (κ3) is 3.56. The molecule has 0 saturated carbocycles. The molecule has 1 atom stereocenters. The number of imidazole rings is 1. The number of carbonyl (C=O) groups excluding carboxylic acids is 2. The van der Waals surface area contributed by atoms with Crippen LogP contribution in [-0.2, 0) is 0 Å². The molecule has 2 amide bonds. The summed E-state index contributed by atoms with van der Waals surface area (Å²) in [4.78, 5) is 29.3. The number of halogens is 1. The SMILES string of the molecule is CCC(C)NC(=O)c1nc(C(=O)Nc2cccc(F)c2)n2ccccc12. The number of pyridine rings is 1. The Morgan fingerprint density at radius 1 is 1.19 bits per heavy atom. The zero-order valence-corrected chi connectivity index (χ0v) is 14.5. The topological polar surface area (TPSA) is 75.5 Å². The predicted molar refractivity (Wildman–Crippen MR) is 96.8 cm³/mol. The van der Waals surface area contributed by atoms with Gasteiger partial charge in [-0.05, 0) is 43.7 Å². The van der Waals surface area contributed by atoms with Gasteiger partial charge in [-0.2, -0.15) is 0 Å². The van der Waals surface area contributed by atoms with Gasteiger partial charge in [-0.3, -0.25) is 14.0 Å². The quantitative estimate of drug-likeness (QED) is 0.738. The second-order valence-corrected chi connectivity index (χ2v) is 5.99. The standard InChI is InChI=1S/C19H19FN4O2/c1-3-12(2)21-18(25)16-15-9-4-5-10-24(15)17(23-16)19(26)22-14-8-6-7-13(20)11-14/h4-12H,3H2,1-2H3,(H,21,25)(H,22,26). The van der Waals surface area contributed by atoms with Gasteiger partial charge in [0.05, 0.1) is 5.52 Å². The highest BCUT2D eigenvalue weighted by Gasteiger charge is 2.22. The maximum Gasteiger partial charge on any atom is 0.292 e. The Morgan fingerprint density at radius 3 is 2.73 bits per heavy atom. The number of hydrogen-bond donors (Lipinski definition) is 2. The molecule has 0 aliphatic rings. The second-order valence-electron chi connectivity index (χ2n) is 5.99. The van der Waals surface area contributed by atoms with Crippen LogP contribution in [0.15, 0.2) is 48.7 Å². The lowest BCUT2D eigenvalue weighted by atomic mass is 10.2. The fraction of sp³-hybridized carbons (Fsp3) is 0.211. The lowest BCUT2D eigenvalue weighted by Crippen LogP contribution is -2.32. The Bertz CT molecular complexity index is 967. The van der Waals surface area contributed by atoms with Crippen LogP contribution >= 0.6 is 0 Å². The highest BCUT2D eigenvalue weighted by atomic mass is 19.1. The van der Waals surface area contributed by atoms with Crippen LogP contribution in [0.2, 0.25) is 0 Å². The molecule has 0 saturated heterocycles. The molecule has 3 rings (SSSR count). The Kier molecular flexibility index (Phi) is 4.97. The molecule has 0 radical (unpaired) electrons. The number of nitrogens with zero attached hydrogens (tertiary/aromatic N) is 2. The zero-order valence-electron chi connectivity index (χ0n) is 14.5. The molecule has 134 valence electrons. The maximum absolute atomic E-state index is 13.3. The number of aromatic nitrogens is 2. The fourth-order valence-electron chi connectivity index (χ4n) is 2.51. The number of rotatable bonds is 5. The van der Waals surface area contributed by atoms with E-state index in [4.69, 9.17) is 0 Å². The summed E-state index contributed by atoms with van der Waals surface area (Å²) >= 11 is 0. The molecule has 0 bridgehead atoms. The lowest BCUT2D eigenvalue weighted by Gasteiger charge is -2.09.